The summed E-state index contributed by atoms with van der Waals surface area (Å²) in [5.41, 5.74) is 2.62. The van der Waals surface area contributed by atoms with Gasteiger partial charge in [0.15, 0.2) is 0 Å². The fraction of sp³-hybridized carbons (Fsp3) is 0.615. The van der Waals surface area contributed by atoms with Gasteiger partial charge < -0.3 is 10.2 Å². The van der Waals surface area contributed by atoms with E-state index in [1.54, 1.807) is 0 Å². The predicted molar refractivity (Wildman–Crippen MR) is 67.9 cm³/mol. The zero-order valence-corrected chi connectivity index (χ0v) is 10.2. The highest BCUT2D eigenvalue weighted by Crippen LogP contribution is 2.22. The minimum atomic E-state index is 0.652. The topological polar surface area (TPSA) is 28.2 Å². The molecule has 2 rings (SSSR count). The van der Waals surface area contributed by atoms with Crippen LogP contribution in [0.25, 0.3) is 0 Å². The third-order valence-corrected chi connectivity index (χ3v) is 3.22. The third-order valence-electron chi connectivity index (χ3n) is 3.22. The Morgan fingerprint density at radius 2 is 2.44 bits per heavy atom. The molecule has 0 amide bonds. The van der Waals surface area contributed by atoms with Crippen molar-refractivity contribution < 1.29 is 0 Å². The van der Waals surface area contributed by atoms with Gasteiger partial charge in [-0.05, 0) is 37.9 Å². The molecule has 1 aliphatic heterocycles. The second-order valence-corrected chi connectivity index (χ2v) is 4.55. The molecule has 2 heterocycles. The monoisotopic (exact) mass is 219 g/mol. The van der Waals surface area contributed by atoms with Gasteiger partial charge in [0.05, 0.1) is 11.9 Å². The molecule has 0 spiro atoms. The smallest absolute Gasteiger partial charge is 0.0582 e. The summed E-state index contributed by atoms with van der Waals surface area (Å²) in [6.45, 7) is 7.76. The Morgan fingerprint density at radius 3 is 3.19 bits per heavy atom. The molecule has 3 nitrogen and oxygen atoms in total. The number of pyridine rings is 1. The Morgan fingerprint density at radius 1 is 1.56 bits per heavy atom. The van der Waals surface area contributed by atoms with Crippen LogP contribution in [0, 0.1) is 6.92 Å². The van der Waals surface area contributed by atoms with E-state index in [-0.39, 0.29) is 0 Å². The quantitative estimate of drug-likeness (QED) is 0.839. The number of aromatic nitrogens is 1. The fourth-order valence-electron chi connectivity index (χ4n) is 2.28. The van der Waals surface area contributed by atoms with Gasteiger partial charge in [0.1, 0.15) is 0 Å². The van der Waals surface area contributed by atoms with Crippen LogP contribution < -0.4 is 10.2 Å². The van der Waals surface area contributed by atoms with E-state index in [0.717, 1.165) is 19.6 Å². The molecule has 1 aromatic rings. The summed E-state index contributed by atoms with van der Waals surface area (Å²) in [5, 5.41) is 3.59. The van der Waals surface area contributed by atoms with Gasteiger partial charge in [-0.1, -0.05) is 6.92 Å². The second kappa shape index (κ2) is 5.30. The first kappa shape index (κ1) is 11.4. The molecule has 1 aromatic heterocycles. The lowest BCUT2D eigenvalue weighted by Gasteiger charge is -2.20. The Labute approximate surface area is 97.9 Å². The summed E-state index contributed by atoms with van der Waals surface area (Å²) in [7, 11) is 0. The van der Waals surface area contributed by atoms with Crippen LogP contribution in [0.2, 0.25) is 0 Å². The van der Waals surface area contributed by atoms with Crippen LogP contribution in [-0.2, 0) is 0 Å². The third kappa shape index (κ3) is 2.53. The molecule has 16 heavy (non-hydrogen) atoms. The number of anilines is 1. The molecule has 0 bridgehead atoms. The van der Waals surface area contributed by atoms with Gasteiger partial charge in [-0.25, -0.2) is 0 Å². The van der Waals surface area contributed by atoms with Crippen molar-refractivity contribution in [3.05, 3.63) is 24.0 Å². The Kier molecular flexibility index (Phi) is 3.78. The highest BCUT2D eigenvalue weighted by Gasteiger charge is 2.22. The second-order valence-electron chi connectivity index (χ2n) is 4.55. The molecule has 1 N–H and O–H groups in total. The maximum absolute atomic E-state index is 4.22. The van der Waals surface area contributed by atoms with Crippen LogP contribution in [0.15, 0.2) is 18.5 Å². The van der Waals surface area contributed by atoms with Crippen LogP contribution in [0.4, 0.5) is 5.69 Å². The van der Waals surface area contributed by atoms with E-state index < -0.39 is 0 Å². The number of nitrogens with one attached hydrogen (secondary N) is 1. The standard InChI is InChI=1S/C13H21N3/c1-3-6-15-12-5-8-16(10-12)13-9-14-7-4-11(13)2/h4,7,9,12,15H,3,5-6,8,10H2,1-2H3. The maximum atomic E-state index is 4.22. The van der Waals surface area contributed by atoms with Crippen molar-refractivity contribution in [2.24, 2.45) is 0 Å². The van der Waals surface area contributed by atoms with Crippen molar-refractivity contribution in [1.82, 2.24) is 10.3 Å². The summed E-state index contributed by atoms with van der Waals surface area (Å²) in [6.07, 6.45) is 6.30. The average molecular weight is 219 g/mol. The normalized spacial score (nSPS) is 20.4. The molecule has 1 saturated heterocycles. The van der Waals surface area contributed by atoms with Gasteiger partial charge >= 0.3 is 0 Å². The molecular weight excluding hydrogens is 198 g/mol. The number of hydrogen-bond donors (Lipinski definition) is 1. The highest BCUT2D eigenvalue weighted by molar-refractivity contribution is 5.51. The predicted octanol–water partition coefficient (Wildman–Crippen LogP) is 1.97. The summed E-state index contributed by atoms with van der Waals surface area (Å²) in [4.78, 5) is 6.66. The Hall–Kier alpha value is -1.09. The van der Waals surface area contributed by atoms with Crippen LogP contribution in [0.5, 0.6) is 0 Å². The Bertz CT molecular complexity index is 338. The van der Waals surface area contributed by atoms with E-state index in [4.69, 9.17) is 0 Å². The fourth-order valence-corrected chi connectivity index (χ4v) is 2.28. The lowest BCUT2D eigenvalue weighted by Crippen LogP contribution is -2.33. The van der Waals surface area contributed by atoms with Gasteiger partial charge in [-0.2, -0.15) is 0 Å². The van der Waals surface area contributed by atoms with Crippen molar-refractivity contribution in [3.63, 3.8) is 0 Å². The van der Waals surface area contributed by atoms with Gasteiger partial charge in [0.25, 0.3) is 0 Å². The molecule has 0 aliphatic carbocycles. The van der Waals surface area contributed by atoms with Crippen molar-refractivity contribution in [1.29, 1.82) is 0 Å². The van der Waals surface area contributed by atoms with Crippen molar-refractivity contribution >= 4 is 5.69 Å². The molecule has 1 fully saturated rings. The van der Waals surface area contributed by atoms with Crippen LogP contribution in [-0.4, -0.2) is 30.7 Å². The van der Waals surface area contributed by atoms with E-state index in [9.17, 15) is 0 Å². The molecule has 0 saturated carbocycles. The summed E-state index contributed by atoms with van der Waals surface area (Å²) < 4.78 is 0. The molecule has 1 unspecified atom stereocenters. The number of hydrogen-bond acceptors (Lipinski definition) is 3. The Balaban J connectivity index is 1.96. The van der Waals surface area contributed by atoms with E-state index in [1.165, 1.54) is 24.1 Å². The molecule has 1 aliphatic rings. The highest BCUT2D eigenvalue weighted by atomic mass is 15.2. The number of aryl methyl sites for hydroxylation is 1. The van der Waals surface area contributed by atoms with Crippen LogP contribution in [0.3, 0.4) is 0 Å². The molecule has 1 atom stereocenters. The number of nitrogens with zero attached hydrogens (tertiary/aromatic N) is 2. The molecule has 0 radical (unpaired) electrons. The molecule has 3 heteroatoms. The van der Waals surface area contributed by atoms with Gasteiger partial charge in [0.2, 0.25) is 0 Å². The van der Waals surface area contributed by atoms with E-state index in [2.05, 4.69) is 35.1 Å². The van der Waals surface area contributed by atoms with E-state index in [0.29, 0.717) is 6.04 Å². The lowest BCUT2D eigenvalue weighted by atomic mass is 10.2. The summed E-state index contributed by atoms with van der Waals surface area (Å²) in [5.74, 6) is 0. The zero-order chi connectivity index (χ0) is 11.4. The minimum absolute atomic E-state index is 0.652. The van der Waals surface area contributed by atoms with Crippen LogP contribution >= 0.6 is 0 Å². The van der Waals surface area contributed by atoms with Gasteiger partial charge in [0, 0.05) is 25.3 Å². The van der Waals surface area contributed by atoms with Crippen molar-refractivity contribution in [2.45, 2.75) is 32.7 Å². The van der Waals surface area contributed by atoms with E-state index >= 15 is 0 Å². The van der Waals surface area contributed by atoms with Crippen molar-refractivity contribution in [3.8, 4) is 0 Å². The summed E-state index contributed by atoms with van der Waals surface area (Å²) in [6, 6.07) is 2.74. The first-order valence-corrected chi connectivity index (χ1v) is 6.20. The number of rotatable bonds is 4. The largest absolute Gasteiger partial charge is 0.368 e. The summed E-state index contributed by atoms with van der Waals surface area (Å²) >= 11 is 0. The molecule has 0 aromatic carbocycles. The first-order chi connectivity index (χ1) is 7.81. The maximum Gasteiger partial charge on any atom is 0.0582 e. The zero-order valence-electron chi connectivity index (χ0n) is 10.2. The average Bonchev–Trinajstić information content (AvgIpc) is 2.75. The minimum Gasteiger partial charge on any atom is -0.368 e. The SMILES string of the molecule is CCCNC1CCN(c2cnccc2C)C1. The first-order valence-electron chi connectivity index (χ1n) is 6.20. The molecule has 88 valence electrons. The van der Waals surface area contributed by atoms with Crippen molar-refractivity contribution in [2.75, 3.05) is 24.5 Å². The van der Waals surface area contributed by atoms with Crippen LogP contribution in [0.1, 0.15) is 25.3 Å². The van der Waals surface area contributed by atoms with Gasteiger partial charge in [-0.3, -0.25) is 4.98 Å². The van der Waals surface area contributed by atoms with Gasteiger partial charge in [-0.15, -0.1) is 0 Å². The lowest BCUT2D eigenvalue weighted by molar-refractivity contribution is 0.549. The van der Waals surface area contributed by atoms with E-state index in [1.807, 2.05) is 12.4 Å². The molecular formula is C13H21N3.